The Morgan fingerprint density at radius 1 is 1.24 bits per heavy atom. The SMILES string of the molecule is CC(C)(C)NNC(=O)c1ccc2c3[nH]c-3cc1-2. The van der Waals surface area contributed by atoms with E-state index in [1.165, 1.54) is 5.69 Å². The van der Waals surface area contributed by atoms with Crippen LogP contribution in [0.15, 0.2) is 18.2 Å². The highest BCUT2D eigenvalue weighted by molar-refractivity contribution is 6.07. The molecule has 0 aromatic carbocycles. The highest BCUT2D eigenvalue weighted by Crippen LogP contribution is 2.45. The maximum atomic E-state index is 12.0. The molecule has 0 aromatic heterocycles. The average Bonchev–Trinajstić information content (AvgIpc) is 2.70. The molecule has 3 rings (SSSR count). The van der Waals surface area contributed by atoms with Crippen LogP contribution >= 0.6 is 0 Å². The summed E-state index contributed by atoms with van der Waals surface area (Å²) in [4.78, 5) is 15.2. The van der Waals surface area contributed by atoms with Crippen molar-refractivity contribution in [2.75, 3.05) is 0 Å². The van der Waals surface area contributed by atoms with Gasteiger partial charge in [0.05, 0.1) is 11.4 Å². The zero-order valence-corrected chi connectivity index (χ0v) is 10.1. The zero-order chi connectivity index (χ0) is 12.2. The minimum Gasteiger partial charge on any atom is -0.352 e. The van der Waals surface area contributed by atoms with Crippen LogP contribution in [-0.2, 0) is 0 Å². The molecule has 0 saturated carbocycles. The number of nitrogens with one attached hydrogen (secondary N) is 3. The molecule has 3 aliphatic rings. The van der Waals surface area contributed by atoms with Crippen molar-refractivity contribution in [3.63, 3.8) is 0 Å². The first-order valence-corrected chi connectivity index (χ1v) is 5.69. The number of H-pyrrole nitrogens is 1. The molecule has 0 bridgehead atoms. The molecule has 1 aliphatic heterocycles. The van der Waals surface area contributed by atoms with Crippen LogP contribution < -0.4 is 10.9 Å². The van der Waals surface area contributed by atoms with E-state index in [0.29, 0.717) is 0 Å². The Morgan fingerprint density at radius 3 is 2.71 bits per heavy atom. The van der Waals surface area contributed by atoms with Crippen LogP contribution in [0, 0.1) is 0 Å². The third-order valence-electron chi connectivity index (χ3n) is 2.82. The van der Waals surface area contributed by atoms with Gasteiger partial charge in [0.1, 0.15) is 0 Å². The molecule has 1 amide bonds. The molecule has 0 radical (unpaired) electrons. The van der Waals surface area contributed by atoms with E-state index in [1.807, 2.05) is 39.0 Å². The highest BCUT2D eigenvalue weighted by atomic mass is 16.2. The molecule has 0 atom stereocenters. The van der Waals surface area contributed by atoms with Gasteiger partial charge < -0.3 is 4.98 Å². The number of hydrogen-bond acceptors (Lipinski definition) is 2. The van der Waals surface area contributed by atoms with Gasteiger partial charge in [0.25, 0.3) is 5.91 Å². The van der Waals surface area contributed by atoms with Crippen molar-refractivity contribution in [3.05, 3.63) is 23.8 Å². The molecule has 0 saturated heterocycles. The summed E-state index contributed by atoms with van der Waals surface area (Å²) in [5.74, 6) is -0.0834. The van der Waals surface area contributed by atoms with Crippen LogP contribution in [0.1, 0.15) is 31.1 Å². The van der Waals surface area contributed by atoms with E-state index in [0.717, 1.165) is 22.4 Å². The fraction of sp³-hybridized carbons (Fsp3) is 0.308. The second-order valence-corrected chi connectivity index (χ2v) is 5.46. The predicted octanol–water partition coefficient (Wildman–Crippen LogP) is 2.13. The molecule has 0 fully saturated rings. The zero-order valence-electron chi connectivity index (χ0n) is 10.1. The molecule has 0 spiro atoms. The summed E-state index contributed by atoms with van der Waals surface area (Å²) >= 11 is 0. The molecular weight excluding hydrogens is 214 g/mol. The molecule has 2 aliphatic carbocycles. The van der Waals surface area contributed by atoms with Gasteiger partial charge in [-0.3, -0.25) is 10.2 Å². The number of aromatic amines is 1. The first-order chi connectivity index (χ1) is 7.96. The van der Waals surface area contributed by atoms with Gasteiger partial charge in [-0.05, 0) is 38.5 Å². The van der Waals surface area contributed by atoms with E-state index < -0.39 is 0 Å². The summed E-state index contributed by atoms with van der Waals surface area (Å²) in [5, 5.41) is 0. The van der Waals surface area contributed by atoms with Crippen molar-refractivity contribution in [1.82, 2.24) is 15.8 Å². The number of fused-ring (bicyclic) bond motifs is 3. The van der Waals surface area contributed by atoms with Crippen molar-refractivity contribution in [2.45, 2.75) is 26.3 Å². The third kappa shape index (κ3) is 1.70. The first kappa shape index (κ1) is 10.4. The van der Waals surface area contributed by atoms with Crippen molar-refractivity contribution in [3.8, 4) is 22.5 Å². The number of rotatable bonds is 2. The van der Waals surface area contributed by atoms with Gasteiger partial charge in [-0.15, -0.1) is 0 Å². The monoisotopic (exact) mass is 229 g/mol. The first-order valence-electron chi connectivity index (χ1n) is 5.69. The summed E-state index contributed by atoms with van der Waals surface area (Å²) in [6, 6.07) is 5.88. The van der Waals surface area contributed by atoms with E-state index in [9.17, 15) is 4.79 Å². The standard InChI is InChI=1S/C13H15N3O/c1-13(2,3)16-15-12(17)8-5-4-7-9(8)6-10-11(7)14-10/h4-6,14,16H,1-3H3,(H,15,17). The number of pyridine rings is 1. The van der Waals surface area contributed by atoms with E-state index in [4.69, 9.17) is 0 Å². The normalized spacial score (nSPS) is 12.9. The Kier molecular flexibility index (Phi) is 1.89. The molecule has 4 heteroatoms. The smallest absolute Gasteiger partial charge is 0.266 e. The number of hydrogen-bond donors (Lipinski definition) is 3. The Balaban J connectivity index is 1.79. The van der Waals surface area contributed by atoms with Gasteiger partial charge in [0, 0.05) is 16.7 Å². The second-order valence-electron chi connectivity index (χ2n) is 5.46. The van der Waals surface area contributed by atoms with E-state index in [1.54, 1.807) is 0 Å². The molecular formula is C13H15N3O. The fourth-order valence-corrected chi connectivity index (χ4v) is 1.94. The molecule has 88 valence electrons. The topological polar surface area (TPSA) is 56.9 Å². The lowest BCUT2D eigenvalue weighted by Crippen LogP contribution is -2.48. The molecule has 4 nitrogen and oxygen atoms in total. The van der Waals surface area contributed by atoms with E-state index >= 15 is 0 Å². The van der Waals surface area contributed by atoms with Crippen molar-refractivity contribution >= 4 is 5.91 Å². The average molecular weight is 229 g/mol. The molecule has 0 aromatic rings. The Bertz CT molecular complexity index is 577. The largest absolute Gasteiger partial charge is 0.352 e. The maximum Gasteiger partial charge on any atom is 0.266 e. The lowest BCUT2D eigenvalue weighted by Gasteiger charge is -2.20. The van der Waals surface area contributed by atoms with Crippen LogP contribution in [0.2, 0.25) is 0 Å². The van der Waals surface area contributed by atoms with Crippen LogP contribution in [-0.4, -0.2) is 16.4 Å². The van der Waals surface area contributed by atoms with Gasteiger partial charge in [-0.25, -0.2) is 5.43 Å². The maximum absolute atomic E-state index is 12.0. The van der Waals surface area contributed by atoms with Gasteiger partial charge >= 0.3 is 0 Å². The molecule has 1 heterocycles. The Hall–Kier alpha value is -1.81. The van der Waals surface area contributed by atoms with E-state index in [2.05, 4.69) is 15.8 Å². The van der Waals surface area contributed by atoms with Crippen LogP contribution in [0.3, 0.4) is 0 Å². The highest BCUT2D eigenvalue weighted by Gasteiger charge is 2.28. The van der Waals surface area contributed by atoms with Gasteiger partial charge in [0.2, 0.25) is 0 Å². The third-order valence-corrected chi connectivity index (χ3v) is 2.82. The second kappa shape index (κ2) is 3.11. The minimum absolute atomic E-state index is 0.0834. The summed E-state index contributed by atoms with van der Waals surface area (Å²) < 4.78 is 0. The van der Waals surface area contributed by atoms with Gasteiger partial charge in [0.15, 0.2) is 0 Å². The molecule has 3 N–H and O–H groups in total. The van der Waals surface area contributed by atoms with Crippen LogP contribution in [0.5, 0.6) is 0 Å². The minimum atomic E-state index is -0.137. The van der Waals surface area contributed by atoms with Gasteiger partial charge in [-0.2, -0.15) is 0 Å². The summed E-state index contributed by atoms with van der Waals surface area (Å²) in [6.07, 6.45) is 0. The predicted molar refractivity (Wildman–Crippen MR) is 66.8 cm³/mol. The van der Waals surface area contributed by atoms with Crippen molar-refractivity contribution in [2.24, 2.45) is 0 Å². The van der Waals surface area contributed by atoms with Crippen LogP contribution in [0.25, 0.3) is 22.5 Å². The Morgan fingerprint density at radius 2 is 2.00 bits per heavy atom. The number of carbonyl (C=O) groups is 1. The quantitative estimate of drug-likeness (QED) is 0.590. The number of hydrazine groups is 1. The van der Waals surface area contributed by atoms with Crippen LogP contribution in [0.4, 0.5) is 0 Å². The van der Waals surface area contributed by atoms with E-state index in [-0.39, 0.29) is 11.4 Å². The van der Waals surface area contributed by atoms with Crippen molar-refractivity contribution < 1.29 is 4.79 Å². The molecule has 0 unspecified atom stereocenters. The summed E-state index contributed by atoms with van der Waals surface area (Å²) in [5.41, 5.74) is 10.8. The summed E-state index contributed by atoms with van der Waals surface area (Å²) in [7, 11) is 0. The lowest BCUT2D eigenvalue weighted by atomic mass is 10.1. The number of aromatic nitrogens is 1. The van der Waals surface area contributed by atoms with Crippen molar-refractivity contribution in [1.29, 1.82) is 0 Å². The number of carbonyl (C=O) groups excluding carboxylic acids is 1. The fourth-order valence-electron chi connectivity index (χ4n) is 1.94. The lowest BCUT2D eigenvalue weighted by molar-refractivity contribution is 0.0915. The van der Waals surface area contributed by atoms with Gasteiger partial charge in [-0.1, -0.05) is 6.07 Å². The summed E-state index contributed by atoms with van der Waals surface area (Å²) in [6.45, 7) is 6.00. The number of amides is 1. The Labute approximate surface area is 99.7 Å². The molecule has 17 heavy (non-hydrogen) atoms.